The van der Waals surface area contributed by atoms with E-state index in [2.05, 4.69) is 17.0 Å². The number of aromatic nitrogens is 1. The number of benzene rings is 2. The van der Waals surface area contributed by atoms with Crippen molar-refractivity contribution in [2.45, 2.75) is 25.9 Å². The number of methoxy groups -OCH3 is 1. The zero-order valence-electron chi connectivity index (χ0n) is 17.3. The number of hydrogen-bond acceptors (Lipinski definition) is 5. The van der Waals surface area contributed by atoms with Crippen molar-refractivity contribution in [3.63, 3.8) is 0 Å². The van der Waals surface area contributed by atoms with E-state index in [1.807, 2.05) is 35.2 Å². The van der Waals surface area contributed by atoms with E-state index < -0.39 is 5.76 Å². The van der Waals surface area contributed by atoms with Gasteiger partial charge in [0.25, 0.3) is 0 Å². The maximum Gasteiger partial charge on any atom is 0.419 e. The van der Waals surface area contributed by atoms with Gasteiger partial charge in [-0.3, -0.25) is 14.3 Å². The number of aryl methyl sites for hydroxylation is 1. The van der Waals surface area contributed by atoms with Gasteiger partial charge in [-0.15, -0.1) is 0 Å². The van der Waals surface area contributed by atoms with E-state index in [1.165, 1.54) is 5.56 Å². The Bertz CT molecular complexity index is 1050. The van der Waals surface area contributed by atoms with Gasteiger partial charge in [0.05, 0.1) is 12.6 Å². The molecule has 0 saturated carbocycles. The Morgan fingerprint density at radius 3 is 2.63 bits per heavy atom. The molecular weight excluding hydrogens is 382 g/mol. The van der Waals surface area contributed by atoms with Crippen molar-refractivity contribution in [3.05, 3.63) is 64.6 Å². The molecule has 1 aliphatic heterocycles. The molecule has 0 N–H and O–H groups in total. The van der Waals surface area contributed by atoms with E-state index in [1.54, 1.807) is 17.7 Å². The smallest absolute Gasteiger partial charge is 0.419 e. The van der Waals surface area contributed by atoms with Gasteiger partial charge >= 0.3 is 5.76 Å². The first kappa shape index (κ1) is 20.2. The minimum atomic E-state index is -0.412. The van der Waals surface area contributed by atoms with Gasteiger partial charge in [0, 0.05) is 45.7 Å². The molecule has 0 bridgehead atoms. The third-order valence-electron chi connectivity index (χ3n) is 5.63. The minimum Gasteiger partial charge on any atom is -0.497 e. The Labute approximate surface area is 175 Å². The molecule has 0 unspecified atom stereocenters. The fourth-order valence-corrected chi connectivity index (χ4v) is 3.96. The number of amides is 1. The van der Waals surface area contributed by atoms with Crippen LogP contribution in [0.1, 0.15) is 18.4 Å². The Balaban J connectivity index is 1.31. The summed E-state index contributed by atoms with van der Waals surface area (Å²) >= 11 is 0. The Morgan fingerprint density at radius 2 is 1.83 bits per heavy atom. The van der Waals surface area contributed by atoms with Crippen LogP contribution in [0.15, 0.2) is 57.7 Å². The zero-order chi connectivity index (χ0) is 20.9. The van der Waals surface area contributed by atoms with Crippen molar-refractivity contribution in [2.24, 2.45) is 0 Å². The van der Waals surface area contributed by atoms with Crippen LogP contribution in [0.5, 0.6) is 5.75 Å². The summed E-state index contributed by atoms with van der Waals surface area (Å²) in [6, 6.07) is 15.4. The van der Waals surface area contributed by atoms with Gasteiger partial charge in [-0.05, 0) is 36.2 Å². The highest BCUT2D eigenvalue weighted by Gasteiger charge is 2.20. The molecule has 1 amide bonds. The highest BCUT2D eigenvalue weighted by atomic mass is 16.5. The Morgan fingerprint density at radius 1 is 1.03 bits per heavy atom. The SMILES string of the molecule is COc1ccc(CN2CCCN(C(=O)CCn3c(=O)oc4ccccc43)CC2)cc1. The average Bonchev–Trinajstić information content (AvgIpc) is 2.92. The molecule has 0 spiro atoms. The molecule has 0 radical (unpaired) electrons. The number of para-hydroxylation sites is 2. The molecule has 30 heavy (non-hydrogen) atoms. The first-order valence-corrected chi connectivity index (χ1v) is 10.4. The zero-order valence-corrected chi connectivity index (χ0v) is 17.3. The summed E-state index contributed by atoms with van der Waals surface area (Å²) in [5, 5.41) is 0. The minimum absolute atomic E-state index is 0.0819. The predicted octanol–water partition coefficient (Wildman–Crippen LogP) is 2.73. The molecule has 2 aromatic carbocycles. The Hall–Kier alpha value is -3.06. The quantitative estimate of drug-likeness (QED) is 0.626. The number of carbonyl (C=O) groups excluding carboxylic acids is 1. The molecule has 0 aliphatic carbocycles. The number of ether oxygens (including phenoxy) is 1. The molecule has 0 atom stereocenters. The normalized spacial score (nSPS) is 15.3. The van der Waals surface area contributed by atoms with Crippen LogP contribution in [0, 0.1) is 0 Å². The second-order valence-corrected chi connectivity index (χ2v) is 7.60. The number of nitrogens with zero attached hydrogens (tertiary/aromatic N) is 3. The van der Waals surface area contributed by atoms with Gasteiger partial charge < -0.3 is 14.1 Å². The van der Waals surface area contributed by atoms with Crippen LogP contribution in [0.2, 0.25) is 0 Å². The van der Waals surface area contributed by atoms with Crippen molar-refractivity contribution < 1.29 is 13.9 Å². The Kier molecular flexibility index (Phi) is 6.18. The second kappa shape index (κ2) is 9.17. The van der Waals surface area contributed by atoms with Crippen LogP contribution in [-0.4, -0.2) is 53.6 Å². The molecular formula is C23H27N3O4. The highest BCUT2D eigenvalue weighted by molar-refractivity contribution is 5.77. The monoisotopic (exact) mass is 409 g/mol. The fourth-order valence-electron chi connectivity index (χ4n) is 3.96. The molecule has 1 aliphatic rings. The summed E-state index contributed by atoms with van der Waals surface area (Å²) < 4.78 is 12.0. The third-order valence-corrected chi connectivity index (χ3v) is 5.63. The van der Waals surface area contributed by atoms with Crippen LogP contribution in [-0.2, 0) is 17.9 Å². The van der Waals surface area contributed by atoms with Crippen molar-refractivity contribution in [2.75, 3.05) is 33.3 Å². The number of oxazole rings is 1. The van der Waals surface area contributed by atoms with Crippen molar-refractivity contribution >= 4 is 17.0 Å². The van der Waals surface area contributed by atoms with Crippen molar-refractivity contribution in [1.82, 2.24) is 14.4 Å². The van der Waals surface area contributed by atoms with Gasteiger partial charge in [-0.2, -0.15) is 0 Å². The predicted molar refractivity (Wildman–Crippen MR) is 115 cm³/mol. The third kappa shape index (κ3) is 4.57. The summed E-state index contributed by atoms with van der Waals surface area (Å²) in [6.07, 6.45) is 1.23. The molecule has 1 saturated heterocycles. The molecule has 1 aromatic heterocycles. The van der Waals surface area contributed by atoms with Crippen molar-refractivity contribution in [1.29, 1.82) is 0 Å². The fraction of sp³-hybridized carbons (Fsp3) is 0.391. The van der Waals surface area contributed by atoms with Crippen molar-refractivity contribution in [3.8, 4) is 5.75 Å². The topological polar surface area (TPSA) is 67.9 Å². The van der Waals surface area contributed by atoms with E-state index in [-0.39, 0.29) is 5.91 Å². The lowest BCUT2D eigenvalue weighted by molar-refractivity contribution is -0.131. The summed E-state index contributed by atoms with van der Waals surface area (Å²) in [5.74, 6) is 0.528. The maximum absolute atomic E-state index is 12.8. The first-order valence-electron chi connectivity index (χ1n) is 10.4. The number of carbonyl (C=O) groups is 1. The van der Waals surface area contributed by atoms with Gasteiger partial charge in [0.15, 0.2) is 5.58 Å². The van der Waals surface area contributed by atoms with E-state index in [0.717, 1.165) is 43.9 Å². The number of hydrogen-bond donors (Lipinski definition) is 0. The van der Waals surface area contributed by atoms with E-state index in [9.17, 15) is 9.59 Å². The lowest BCUT2D eigenvalue weighted by Gasteiger charge is -2.22. The van der Waals surface area contributed by atoms with Gasteiger partial charge in [0.2, 0.25) is 5.91 Å². The van der Waals surface area contributed by atoms with Crippen LogP contribution < -0.4 is 10.5 Å². The lowest BCUT2D eigenvalue weighted by atomic mass is 10.2. The summed E-state index contributed by atoms with van der Waals surface area (Å²) in [6.45, 7) is 4.45. The van der Waals surface area contributed by atoms with Crippen LogP contribution in [0.25, 0.3) is 11.1 Å². The number of rotatable bonds is 6. The maximum atomic E-state index is 12.8. The van der Waals surface area contributed by atoms with E-state index in [4.69, 9.17) is 9.15 Å². The lowest BCUT2D eigenvalue weighted by Crippen LogP contribution is -2.35. The van der Waals surface area contributed by atoms with Crippen LogP contribution in [0.4, 0.5) is 0 Å². The van der Waals surface area contributed by atoms with Gasteiger partial charge in [-0.25, -0.2) is 4.79 Å². The summed E-state index contributed by atoms with van der Waals surface area (Å²) in [5.41, 5.74) is 2.53. The molecule has 3 aromatic rings. The van der Waals surface area contributed by atoms with E-state index >= 15 is 0 Å². The molecule has 1 fully saturated rings. The molecule has 7 nitrogen and oxygen atoms in total. The molecule has 4 rings (SSSR count). The largest absolute Gasteiger partial charge is 0.497 e. The first-order chi connectivity index (χ1) is 14.6. The van der Waals surface area contributed by atoms with E-state index in [0.29, 0.717) is 25.1 Å². The molecule has 158 valence electrons. The average molecular weight is 409 g/mol. The highest BCUT2D eigenvalue weighted by Crippen LogP contribution is 2.15. The van der Waals surface area contributed by atoms with Crippen LogP contribution >= 0.6 is 0 Å². The standard InChI is InChI=1S/C23H27N3O4/c1-29-19-9-7-18(8-10-19)17-24-12-4-13-25(16-15-24)22(27)11-14-26-20-5-2-3-6-21(20)30-23(26)28/h2-3,5-10H,4,11-17H2,1H3. The van der Waals surface area contributed by atoms with Crippen LogP contribution in [0.3, 0.4) is 0 Å². The van der Waals surface area contributed by atoms with Gasteiger partial charge in [-0.1, -0.05) is 24.3 Å². The summed E-state index contributed by atoms with van der Waals surface area (Å²) in [7, 11) is 1.67. The molecule has 7 heteroatoms. The summed E-state index contributed by atoms with van der Waals surface area (Å²) in [4.78, 5) is 29.2. The van der Waals surface area contributed by atoms with Gasteiger partial charge in [0.1, 0.15) is 5.75 Å². The molecule has 2 heterocycles. The number of fused-ring (bicyclic) bond motifs is 1. The second-order valence-electron chi connectivity index (χ2n) is 7.60.